The number of benzene rings is 3. The second-order valence-corrected chi connectivity index (χ2v) is 7.96. The van der Waals surface area contributed by atoms with Gasteiger partial charge in [0.2, 0.25) is 5.82 Å². The number of aryl methyl sites for hydroxylation is 1. The molecule has 2 heterocycles. The molecule has 1 amide bonds. The molecule has 3 aromatic carbocycles. The van der Waals surface area contributed by atoms with Crippen molar-refractivity contribution in [1.82, 2.24) is 20.2 Å². The van der Waals surface area contributed by atoms with Crippen molar-refractivity contribution < 1.29 is 9.18 Å². The lowest BCUT2D eigenvalue weighted by molar-refractivity contribution is -0.118. The zero-order valence-electron chi connectivity index (χ0n) is 16.0. The van der Waals surface area contributed by atoms with Gasteiger partial charge < -0.3 is 0 Å². The summed E-state index contributed by atoms with van der Waals surface area (Å²) in [6.45, 7) is 1.61. The van der Waals surface area contributed by atoms with E-state index >= 15 is 0 Å². The highest BCUT2D eigenvalue weighted by atomic mass is 32.2. The summed E-state index contributed by atoms with van der Waals surface area (Å²) in [5.41, 5.74) is 2.82. The Labute approximate surface area is 176 Å². The zero-order chi connectivity index (χ0) is 20.7. The minimum atomic E-state index is -0.290. The molecule has 30 heavy (non-hydrogen) atoms. The van der Waals surface area contributed by atoms with Crippen LogP contribution >= 0.6 is 11.8 Å². The van der Waals surface area contributed by atoms with Crippen LogP contribution in [0.1, 0.15) is 5.56 Å². The number of aromatic nitrogens is 4. The molecule has 0 saturated heterocycles. The Morgan fingerprint density at radius 1 is 1.00 bits per heavy atom. The van der Waals surface area contributed by atoms with Crippen molar-refractivity contribution in [2.75, 3.05) is 4.90 Å². The van der Waals surface area contributed by atoms with Crippen molar-refractivity contribution >= 4 is 29.0 Å². The Bertz CT molecular complexity index is 1230. The Morgan fingerprint density at radius 3 is 2.33 bits per heavy atom. The molecular formula is C22H16FN5OS. The molecule has 4 aromatic rings. The molecule has 1 aliphatic rings. The van der Waals surface area contributed by atoms with Gasteiger partial charge in [-0.2, -0.15) is 4.80 Å². The van der Waals surface area contributed by atoms with Gasteiger partial charge in [0.1, 0.15) is 12.4 Å². The third-order valence-corrected chi connectivity index (χ3v) is 5.96. The number of tetrazole rings is 1. The van der Waals surface area contributed by atoms with E-state index in [9.17, 15) is 9.18 Å². The van der Waals surface area contributed by atoms with Crippen molar-refractivity contribution in [1.29, 1.82) is 0 Å². The van der Waals surface area contributed by atoms with Gasteiger partial charge in [-0.3, -0.25) is 9.69 Å². The van der Waals surface area contributed by atoms with E-state index in [0.29, 0.717) is 17.0 Å². The number of halogens is 1. The number of rotatable bonds is 3. The quantitative estimate of drug-likeness (QED) is 0.487. The number of fused-ring (bicyclic) bond motifs is 2. The van der Waals surface area contributed by atoms with Gasteiger partial charge in [-0.15, -0.1) is 10.2 Å². The van der Waals surface area contributed by atoms with Crippen LogP contribution in [-0.2, 0) is 11.3 Å². The van der Waals surface area contributed by atoms with Crippen LogP contribution in [0.5, 0.6) is 0 Å². The Kier molecular flexibility index (Phi) is 4.55. The summed E-state index contributed by atoms with van der Waals surface area (Å²) in [6.07, 6.45) is 0. The van der Waals surface area contributed by atoms with Gasteiger partial charge in [0.05, 0.1) is 11.4 Å². The van der Waals surface area contributed by atoms with Crippen molar-refractivity contribution in [3.8, 4) is 11.4 Å². The van der Waals surface area contributed by atoms with Crippen LogP contribution in [0.3, 0.4) is 0 Å². The van der Waals surface area contributed by atoms with Gasteiger partial charge in [-0.25, -0.2) is 4.39 Å². The predicted molar refractivity (Wildman–Crippen MR) is 112 cm³/mol. The number of carbonyl (C=O) groups is 1. The lowest BCUT2D eigenvalue weighted by Gasteiger charge is -2.30. The maximum Gasteiger partial charge on any atom is 0.255 e. The fourth-order valence-corrected chi connectivity index (χ4v) is 4.43. The standard InChI is InChI=1S/C22H16FN5OS/c1-14-12-15(10-11-16(14)23)22-24-26-27(25-22)13-21(29)28-17-6-2-4-8-19(17)30-20-9-5-3-7-18(20)28/h2-12H,13H2,1H3. The summed E-state index contributed by atoms with van der Waals surface area (Å²) in [5.74, 6) is -0.114. The molecule has 0 spiro atoms. The maximum atomic E-state index is 13.5. The fourth-order valence-electron chi connectivity index (χ4n) is 3.37. The zero-order valence-corrected chi connectivity index (χ0v) is 16.8. The summed E-state index contributed by atoms with van der Waals surface area (Å²) >= 11 is 1.64. The van der Waals surface area contributed by atoms with Gasteiger partial charge >= 0.3 is 0 Å². The molecule has 6 nitrogen and oxygen atoms in total. The van der Waals surface area contributed by atoms with E-state index in [1.807, 2.05) is 48.5 Å². The van der Waals surface area contributed by atoms with Gasteiger partial charge in [0.25, 0.3) is 5.91 Å². The van der Waals surface area contributed by atoms with Gasteiger partial charge in [0, 0.05) is 15.4 Å². The van der Waals surface area contributed by atoms with Gasteiger partial charge in [-0.1, -0.05) is 36.0 Å². The molecule has 0 atom stereocenters. The SMILES string of the molecule is Cc1cc(-c2nnn(CC(=O)N3c4ccccc4Sc4ccccc43)n2)ccc1F. The number of hydrogen-bond acceptors (Lipinski definition) is 5. The molecule has 0 saturated carbocycles. The highest BCUT2D eigenvalue weighted by molar-refractivity contribution is 7.99. The van der Waals surface area contributed by atoms with E-state index in [1.165, 1.54) is 10.9 Å². The molecule has 1 aliphatic heterocycles. The third-order valence-electron chi connectivity index (χ3n) is 4.83. The summed E-state index contributed by atoms with van der Waals surface area (Å²) in [5, 5.41) is 12.4. The Balaban J connectivity index is 1.45. The maximum absolute atomic E-state index is 13.5. The van der Waals surface area contributed by atoms with Crippen LogP contribution in [0.15, 0.2) is 76.5 Å². The van der Waals surface area contributed by atoms with Crippen LogP contribution in [0.2, 0.25) is 0 Å². The van der Waals surface area contributed by atoms with Crippen molar-refractivity contribution in [3.63, 3.8) is 0 Å². The second kappa shape index (κ2) is 7.38. The summed E-state index contributed by atoms with van der Waals surface area (Å²) in [7, 11) is 0. The van der Waals surface area contributed by atoms with E-state index in [2.05, 4.69) is 15.4 Å². The molecular weight excluding hydrogens is 401 g/mol. The van der Waals surface area contributed by atoms with Crippen LogP contribution in [-0.4, -0.2) is 26.1 Å². The van der Waals surface area contributed by atoms with Gasteiger partial charge in [-0.05, 0) is 60.2 Å². The smallest absolute Gasteiger partial charge is 0.255 e. The number of hydrogen-bond donors (Lipinski definition) is 0. The molecule has 148 valence electrons. The number of para-hydroxylation sites is 2. The lowest BCUT2D eigenvalue weighted by Crippen LogP contribution is -2.32. The molecule has 0 bridgehead atoms. The molecule has 0 N–H and O–H groups in total. The van der Waals surface area contributed by atoms with Gasteiger partial charge in [0.15, 0.2) is 0 Å². The van der Waals surface area contributed by atoms with E-state index < -0.39 is 0 Å². The van der Waals surface area contributed by atoms with Crippen LogP contribution < -0.4 is 4.90 Å². The first-order chi connectivity index (χ1) is 14.6. The first-order valence-corrected chi connectivity index (χ1v) is 10.1. The van der Waals surface area contributed by atoms with Crippen molar-refractivity contribution in [3.05, 3.63) is 78.1 Å². The highest BCUT2D eigenvalue weighted by Gasteiger charge is 2.28. The monoisotopic (exact) mass is 417 g/mol. The molecule has 1 aromatic heterocycles. The molecule has 8 heteroatoms. The normalized spacial score (nSPS) is 12.4. The van der Waals surface area contributed by atoms with Crippen molar-refractivity contribution in [2.45, 2.75) is 23.3 Å². The third kappa shape index (κ3) is 3.25. The number of amides is 1. The molecule has 0 radical (unpaired) electrons. The first kappa shape index (κ1) is 18.5. The van der Waals surface area contributed by atoms with Crippen LogP contribution in [0.25, 0.3) is 11.4 Å². The number of anilines is 2. The molecule has 5 rings (SSSR count). The number of carbonyl (C=O) groups excluding carboxylic acids is 1. The summed E-state index contributed by atoms with van der Waals surface area (Å²) in [4.78, 5) is 18.3. The largest absolute Gasteiger partial charge is 0.277 e. The Hall–Kier alpha value is -3.52. The average Bonchev–Trinajstić information content (AvgIpc) is 3.22. The minimum Gasteiger partial charge on any atom is -0.277 e. The van der Waals surface area contributed by atoms with Crippen molar-refractivity contribution in [2.24, 2.45) is 0 Å². The molecule has 0 aliphatic carbocycles. The minimum absolute atomic E-state index is 0.0689. The fraction of sp³-hybridized carbons (Fsp3) is 0.0909. The summed E-state index contributed by atoms with van der Waals surface area (Å²) in [6, 6.07) is 20.2. The lowest BCUT2D eigenvalue weighted by atomic mass is 10.1. The van der Waals surface area contributed by atoms with E-state index in [1.54, 1.807) is 35.7 Å². The van der Waals surface area contributed by atoms with Crippen LogP contribution in [0.4, 0.5) is 15.8 Å². The average molecular weight is 417 g/mol. The van der Waals surface area contributed by atoms with E-state index in [-0.39, 0.29) is 18.3 Å². The first-order valence-electron chi connectivity index (χ1n) is 9.33. The van der Waals surface area contributed by atoms with E-state index in [4.69, 9.17) is 0 Å². The van der Waals surface area contributed by atoms with Crippen LogP contribution in [0, 0.1) is 12.7 Å². The van der Waals surface area contributed by atoms with E-state index in [0.717, 1.165) is 21.2 Å². The predicted octanol–water partition coefficient (Wildman–Crippen LogP) is 4.62. The molecule has 0 unspecified atom stereocenters. The second-order valence-electron chi connectivity index (χ2n) is 6.87. The Morgan fingerprint density at radius 2 is 1.67 bits per heavy atom. The summed E-state index contributed by atoms with van der Waals surface area (Å²) < 4.78 is 13.5. The molecule has 0 fully saturated rings. The topological polar surface area (TPSA) is 63.9 Å². The highest BCUT2D eigenvalue weighted by Crippen LogP contribution is 2.47. The number of nitrogens with zero attached hydrogens (tertiary/aromatic N) is 5.